The highest BCUT2D eigenvalue weighted by atomic mass is 79.9. The number of carboxylic acid groups (broad SMARTS) is 1. The van der Waals surface area contributed by atoms with Crippen LogP contribution in [0.1, 0.15) is 23.4 Å². The first-order valence-electron chi connectivity index (χ1n) is 6.20. The Morgan fingerprint density at radius 3 is 2.38 bits per heavy atom. The molecule has 1 aromatic rings. The molecule has 0 aliphatic heterocycles. The molecule has 2 N–H and O–H groups in total. The van der Waals surface area contributed by atoms with Gasteiger partial charge in [-0.15, -0.1) is 0 Å². The predicted octanol–water partition coefficient (Wildman–Crippen LogP) is 0.135. The Morgan fingerprint density at radius 2 is 1.81 bits per heavy atom. The minimum Gasteiger partial charge on any atom is -0.550 e. The van der Waals surface area contributed by atoms with Gasteiger partial charge in [-0.2, -0.15) is 0 Å². The minimum atomic E-state index is -1.28. The Hall–Kier alpha value is -2.09. The van der Waals surface area contributed by atoms with Gasteiger partial charge in [0.2, 0.25) is 5.91 Å². The maximum Gasteiger partial charge on any atom is 0.305 e. The van der Waals surface area contributed by atoms with Crippen LogP contribution in [-0.4, -0.2) is 17.8 Å². The molecular weight excluding hydrogens is 344 g/mol. The number of amides is 2. The van der Waals surface area contributed by atoms with Crippen LogP contribution in [0.4, 0.5) is 0 Å². The van der Waals surface area contributed by atoms with Crippen molar-refractivity contribution in [1.82, 2.24) is 10.9 Å². The Balaban J connectivity index is 1.93. The molecule has 0 unspecified atom stereocenters. The number of allylic oxidation sites excluding steroid dienone is 2. The second-order valence-electron chi connectivity index (χ2n) is 4.52. The van der Waals surface area contributed by atoms with E-state index in [1.54, 1.807) is 12.2 Å². The fourth-order valence-corrected chi connectivity index (χ4v) is 2.38. The van der Waals surface area contributed by atoms with Crippen molar-refractivity contribution in [2.75, 3.05) is 0 Å². The number of halogens is 1. The molecule has 0 fully saturated rings. The summed E-state index contributed by atoms with van der Waals surface area (Å²) < 4.78 is 5.40. The molecule has 21 heavy (non-hydrogen) atoms. The molecular formula is C13H12BrN2O5-. The zero-order chi connectivity index (χ0) is 15.4. The molecule has 1 aliphatic rings. The molecule has 0 saturated heterocycles. The van der Waals surface area contributed by atoms with Crippen molar-refractivity contribution in [3.63, 3.8) is 0 Å². The lowest BCUT2D eigenvalue weighted by Crippen LogP contribution is -2.49. The van der Waals surface area contributed by atoms with Crippen LogP contribution in [-0.2, 0) is 9.59 Å². The van der Waals surface area contributed by atoms with E-state index in [4.69, 9.17) is 4.42 Å². The maximum absolute atomic E-state index is 12.0. The SMILES string of the molecule is O=C(NNC(=O)[C@H]1CC=CC[C@@H]1C(=O)[O-])c1ccc(Br)o1. The number of carbonyl (C=O) groups is 3. The van der Waals surface area contributed by atoms with Gasteiger partial charge in [-0.05, 0) is 40.9 Å². The normalized spacial score (nSPS) is 20.8. The molecule has 2 atom stereocenters. The Kier molecular flexibility index (Phi) is 4.79. The quantitative estimate of drug-likeness (QED) is 0.591. The second-order valence-corrected chi connectivity index (χ2v) is 5.30. The number of carbonyl (C=O) groups excluding carboxylic acids is 3. The van der Waals surface area contributed by atoms with Gasteiger partial charge < -0.3 is 14.3 Å². The van der Waals surface area contributed by atoms with Crippen molar-refractivity contribution in [1.29, 1.82) is 0 Å². The molecule has 0 saturated carbocycles. The van der Waals surface area contributed by atoms with Gasteiger partial charge >= 0.3 is 5.91 Å². The summed E-state index contributed by atoms with van der Waals surface area (Å²) in [5.74, 6) is -4.14. The zero-order valence-electron chi connectivity index (χ0n) is 10.8. The molecule has 0 spiro atoms. The van der Waals surface area contributed by atoms with E-state index in [1.165, 1.54) is 12.1 Å². The fraction of sp³-hybridized carbons (Fsp3) is 0.308. The largest absolute Gasteiger partial charge is 0.550 e. The Labute approximate surface area is 128 Å². The standard InChI is InChI=1S/C13H13BrN2O5/c14-10-6-5-9(21-10)12(18)16-15-11(17)7-3-1-2-4-8(7)13(19)20/h1-2,5-8H,3-4H2,(H,15,17)(H,16,18)(H,19,20)/p-1/t7-,8-/m0/s1. The van der Waals surface area contributed by atoms with Gasteiger partial charge in [0, 0.05) is 11.9 Å². The van der Waals surface area contributed by atoms with Crippen LogP contribution in [0.5, 0.6) is 0 Å². The summed E-state index contributed by atoms with van der Waals surface area (Å²) in [5, 5.41) is 11.0. The lowest BCUT2D eigenvalue weighted by Gasteiger charge is -2.28. The highest BCUT2D eigenvalue weighted by molar-refractivity contribution is 9.10. The van der Waals surface area contributed by atoms with Crippen LogP contribution in [0, 0.1) is 11.8 Å². The molecule has 1 aromatic heterocycles. The van der Waals surface area contributed by atoms with E-state index in [1.807, 2.05) is 0 Å². The number of furan rings is 1. The van der Waals surface area contributed by atoms with Crippen LogP contribution in [0.3, 0.4) is 0 Å². The van der Waals surface area contributed by atoms with E-state index in [-0.39, 0.29) is 18.6 Å². The van der Waals surface area contributed by atoms with Gasteiger partial charge in [-0.1, -0.05) is 12.2 Å². The van der Waals surface area contributed by atoms with E-state index >= 15 is 0 Å². The molecule has 2 rings (SSSR count). The van der Waals surface area contributed by atoms with Crippen molar-refractivity contribution >= 4 is 33.7 Å². The average molecular weight is 356 g/mol. The van der Waals surface area contributed by atoms with Crippen molar-refractivity contribution in [3.05, 3.63) is 34.7 Å². The van der Waals surface area contributed by atoms with Gasteiger partial charge in [0.25, 0.3) is 0 Å². The fourth-order valence-electron chi connectivity index (χ4n) is 2.07. The summed E-state index contributed by atoms with van der Waals surface area (Å²) in [6.07, 6.45) is 3.95. The molecule has 0 radical (unpaired) electrons. The van der Waals surface area contributed by atoms with Gasteiger partial charge in [-0.25, -0.2) is 0 Å². The lowest BCUT2D eigenvalue weighted by atomic mass is 9.82. The first-order chi connectivity index (χ1) is 9.99. The van der Waals surface area contributed by atoms with Crippen molar-refractivity contribution in [3.8, 4) is 0 Å². The van der Waals surface area contributed by atoms with E-state index in [0.29, 0.717) is 4.67 Å². The average Bonchev–Trinajstić information content (AvgIpc) is 2.91. The number of nitrogens with one attached hydrogen (secondary N) is 2. The number of hydrazine groups is 1. The van der Waals surface area contributed by atoms with Crippen molar-refractivity contribution < 1.29 is 23.9 Å². The van der Waals surface area contributed by atoms with Crippen molar-refractivity contribution in [2.24, 2.45) is 11.8 Å². The third-order valence-electron chi connectivity index (χ3n) is 3.17. The van der Waals surface area contributed by atoms with Gasteiger partial charge in [0.05, 0.1) is 5.92 Å². The molecule has 0 bridgehead atoms. The van der Waals surface area contributed by atoms with Crippen LogP contribution >= 0.6 is 15.9 Å². The topological polar surface area (TPSA) is 111 Å². The summed E-state index contributed by atoms with van der Waals surface area (Å²) in [7, 11) is 0. The molecule has 112 valence electrons. The van der Waals surface area contributed by atoms with Gasteiger partial charge in [-0.3, -0.25) is 20.4 Å². The first-order valence-corrected chi connectivity index (χ1v) is 6.99. The summed E-state index contributed by atoms with van der Waals surface area (Å²) in [6.45, 7) is 0. The molecule has 1 aliphatic carbocycles. The highest BCUT2D eigenvalue weighted by Crippen LogP contribution is 2.25. The second kappa shape index (κ2) is 6.57. The Bertz CT molecular complexity index is 595. The lowest BCUT2D eigenvalue weighted by molar-refractivity contribution is -0.313. The minimum absolute atomic E-state index is 0.0159. The van der Waals surface area contributed by atoms with Crippen LogP contribution in [0.25, 0.3) is 0 Å². The first kappa shape index (κ1) is 15.3. The van der Waals surface area contributed by atoms with Gasteiger partial charge in [0.15, 0.2) is 10.4 Å². The summed E-state index contributed by atoms with van der Waals surface area (Å²) >= 11 is 3.05. The third kappa shape index (κ3) is 3.72. The van der Waals surface area contributed by atoms with E-state index in [2.05, 4.69) is 26.8 Å². The number of carboxylic acids is 1. The molecule has 2 amide bonds. The van der Waals surface area contributed by atoms with E-state index in [0.717, 1.165) is 0 Å². The van der Waals surface area contributed by atoms with Crippen LogP contribution in [0.15, 0.2) is 33.4 Å². The predicted molar refractivity (Wildman–Crippen MR) is 72.4 cm³/mol. The molecule has 0 aromatic carbocycles. The number of hydrogen-bond donors (Lipinski definition) is 2. The molecule has 8 heteroatoms. The molecule has 7 nitrogen and oxygen atoms in total. The summed E-state index contributed by atoms with van der Waals surface area (Å²) in [4.78, 5) is 34.6. The smallest absolute Gasteiger partial charge is 0.305 e. The Morgan fingerprint density at radius 1 is 1.14 bits per heavy atom. The zero-order valence-corrected chi connectivity index (χ0v) is 12.4. The number of aliphatic carboxylic acids is 1. The van der Waals surface area contributed by atoms with Crippen molar-refractivity contribution in [2.45, 2.75) is 12.8 Å². The number of rotatable bonds is 3. The maximum atomic E-state index is 12.0. The number of hydrogen-bond acceptors (Lipinski definition) is 5. The highest BCUT2D eigenvalue weighted by Gasteiger charge is 2.30. The monoisotopic (exact) mass is 355 g/mol. The van der Waals surface area contributed by atoms with E-state index in [9.17, 15) is 19.5 Å². The van der Waals surface area contributed by atoms with Gasteiger partial charge in [0.1, 0.15) is 0 Å². The van der Waals surface area contributed by atoms with E-state index < -0.39 is 29.6 Å². The van der Waals surface area contributed by atoms with Crippen LogP contribution in [0.2, 0.25) is 0 Å². The summed E-state index contributed by atoms with van der Waals surface area (Å²) in [5.41, 5.74) is 4.38. The third-order valence-corrected chi connectivity index (χ3v) is 3.59. The summed E-state index contributed by atoms with van der Waals surface area (Å²) in [6, 6.07) is 2.97. The molecule has 1 heterocycles. The van der Waals surface area contributed by atoms with Crippen LogP contribution < -0.4 is 16.0 Å².